The summed E-state index contributed by atoms with van der Waals surface area (Å²) in [6.45, 7) is 7.51. The van der Waals surface area contributed by atoms with Crippen LogP contribution < -0.4 is 0 Å². The highest BCUT2D eigenvalue weighted by molar-refractivity contribution is 4.93. The lowest BCUT2D eigenvalue weighted by Crippen LogP contribution is -2.33. The molecule has 0 aromatic rings. The zero-order valence-electron chi connectivity index (χ0n) is 10.7. The Morgan fingerprint density at radius 2 is 1.93 bits per heavy atom. The Balaban J connectivity index is 2.05. The molecule has 0 aromatic heterocycles. The van der Waals surface area contributed by atoms with Crippen LogP contribution >= 0.6 is 0 Å². The molecule has 1 aliphatic heterocycles. The van der Waals surface area contributed by atoms with E-state index < -0.39 is 0 Å². The molecule has 0 aromatic carbocycles. The molecule has 1 saturated heterocycles. The zero-order chi connectivity index (χ0) is 10.8. The Morgan fingerprint density at radius 1 is 1.13 bits per heavy atom. The van der Waals surface area contributed by atoms with Crippen molar-refractivity contribution >= 4 is 0 Å². The molecule has 2 fully saturated rings. The SMILES string of the molecule is CCCC1C(CC)CCC2CN(C)CC21. The number of hydrogen-bond acceptors (Lipinski definition) is 1. The second-order valence-electron chi connectivity index (χ2n) is 5.84. The van der Waals surface area contributed by atoms with Crippen LogP contribution in [0.15, 0.2) is 0 Å². The summed E-state index contributed by atoms with van der Waals surface area (Å²) in [6.07, 6.45) is 7.29. The van der Waals surface area contributed by atoms with Gasteiger partial charge in [0, 0.05) is 13.1 Å². The maximum absolute atomic E-state index is 2.57. The normalized spacial score (nSPS) is 41.8. The van der Waals surface area contributed by atoms with Crippen LogP contribution in [0.5, 0.6) is 0 Å². The molecule has 0 amide bonds. The van der Waals surface area contributed by atoms with Gasteiger partial charge in [0.1, 0.15) is 0 Å². The third kappa shape index (κ3) is 2.22. The Bertz CT molecular complexity index is 202. The van der Waals surface area contributed by atoms with Crippen molar-refractivity contribution in [2.45, 2.75) is 46.0 Å². The Morgan fingerprint density at radius 3 is 2.60 bits per heavy atom. The van der Waals surface area contributed by atoms with Gasteiger partial charge in [-0.15, -0.1) is 0 Å². The Labute approximate surface area is 95.2 Å². The van der Waals surface area contributed by atoms with Gasteiger partial charge in [0.2, 0.25) is 0 Å². The first-order chi connectivity index (χ1) is 7.26. The summed E-state index contributed by atoms with van der Waals surface area (Å²) in [5.41, 5.74) is 0. The van der Waals surface area contributed by atoms with Gasteiger partial charge in [-0.25, -0.2) is 0 Å². The highest BCUT2D eigenvalue weighted by atomic mass is 15.1. The lowest BCUT2D eigenvalue weighted by atomic mass is 9.65. The van der Waals surface area contributed by atoms with Gasteiger partial charge in [0.05, 0.1) is 0 Å². The smallest absolute Gasteiger partial charge is 0.00126 e. The van der Waals surface area contributed by atoms with Crippen molar-refractivity contribution in [3.8, 4) is 0 Å². The van der Waals surface area contributed by atoms with E-state index in [1.54, 1.807) is 0 Å². The van der Waals surface area contributed by atoms with E-state index in [1.807, 2.05) is 0 Å². The summed E-state index contributed by atoms with van der Waals surface area (Å²) < 4.78 is 0. The second kappa shape index (κ2) is 4.86. The summed E-state index contributed by atoms with van der Waals surface area (Å²) in [4.78, 5) is 2.57. The summed E-state index contributed by atoms with van der Waals surface area (Å²) in [7, 11) is 2.31. The minimum Gasteiger partial charge on any atom is -0.306 e. The first kappa shape index (κ1) is 11.4. The lowest BCUT2D eigenvalue weighted by molar-refractivity contribution is 0.111. The van der Waals surface area contributed by atoms with E-state index in [2.05, 4.69) is 25.8 Å². The van der Waals surface area contributed by atoms with Crippen LogP contribution in [0.25, 0.3) is 0 Å². The molecule has 1 saturated carbocycles. The molecule has 2 rings (SSSR count). The average molecular weight is 209 g/mol. The number of nitrogens with zero attached hydrogens (tertiary/aromatic N) is 1. The molecule has 0 bridgehead atoms. The molecule has 1 heteroatoms. The molecule has 88 valence electrons. The van der Waals surface area contributed by atoms with Crippen LogP contribution in [-0.2, 0) is 0 Å². The van der Waals surface area contributed by atoms with Crippen LogP contribution in [0.2, 0.25) is 0 Å². The highest BCUT2D eigenvalue weighted by Gasteiger charge is 2.42. The molecule has 15 heavy (non-hydrogen) atoms. The van der Waals surface area contributed by atoms with Gasteiger partial charge in [0.25, 0.3) is 0 Å². The quantitative estimate of drug-likeness (QED) is 0.688. The molecular weight excluding hydrogens is 182 g/mol. The van der Waals surface area contributed by atoms with E-state index >= 15 is 0 Å². The van der Waals surface area contributed by atoms with E-state index in [0.717, 1.165) is 23.7 Å². The minimum atomic E-state index is 1.04. The third-order valence-corrected chi connectivity index (χ3v) is 4.88. The fraction of sp³-hybridized carbons (Fsp3) is 1.00. The predicted octanol–water partition coefficient (Wildman–Crippen LogP) is 3.40. The third-order valence-electron chi connectivity index (χ3n) is 4.88. The van der Waals surface area contributed by atoms with Crippen molar-refractivity contribution in [1.82, 2.24) is 4.90 Å². The van der Waals surface area contributed by atoms with Crippen molar-refractivity contribution in [3.05, 3.63) is 0 Å². The molecular formula is C14H27N. The number of hydrogen-bond donors (Lipinski definition) is 0. The molecule has 4 unspecified atom stereocenters. The fourth-order valence-corrected chi connectivity index (χ4v) is 4.19. The summed E-state index contributed by atoms with van der Waals surface area (Å²) in [6, 6.07) is 0. The maximum atomic E-state index is 2.57. The molecule has 4 atom stereocenters. The van der Waals surface area contributed by atoms with Crippen molar-refractivity contribution < 1.29 is 0 Å². The lowest BCUT2D eigenvalue weighted by Gasteiger charge is -2.39. The Kier molecular flexibility index (Phi) is 3.71. The van der Waals surface area contributed by atoms with Gasteiger partial charge in [-0.2, -0.15) is 0 Å². The van der Waals surface area contributed by atoms with Crippen LogP contribution in [-0.4, -0.2) is 25.0 Å². The molecule has 0 spiro atoms. The van der Waals surface area contributed by atoms with Crippen molar-refractivity contribution in [2.24, 2.45) is 23.7 Å². The monoisotopic (exact) mass is 209 g/mol. The van der Waals surface area contributed by atoms with Gasteiger partial charge in [0.15, 0.2) is 0 Å². The maximum Gasteiger partial charge on any atom is 0.00126 e. The van der Waals surface area contributed by atoms with E-state index in [-0.39, 0.29) is 0 Å². The molecule has 1 aliphatic carbocycles. The fourth-order valence-electron chi connectivity index (χ4n) is 4.19. The summed E-state index contributed by atoms with van der Waals surface area (Å²) in [5, 5.41) is 0. The number of rotatable bonds is 3. The van der Waals surface area contributed by atoms with Crippen LogP contribution in [0.3, 0.4) is 0 Å². The first-order valence-electron chi connectivity index (χ1n) is 6.94. The van der Waals surface area contributed by atoms with E-state index in [9.17, 15) is 0 Å². The van der Waals surface area contributed by atoms with Crippen LogP contribution in [0, 0.1) is 23.7 Å². The van der Waals surface area contributed by atoms with Crippen molar-refractivity contribution in [2.75, 3.05) is 20.1 Å². The average Bonchev–Trinajstić information content (AvgIpc) is 2.60. The van der Waals surface area contributed by atoms with Crippen LogP contribution in [0.1, 0.15) is 46.0 Å². The first-order valence-corrected chi connectivity index (χ1v) is 6.94. The number of fused-ring (bicyclic) bond motifs is 1. The van der Waals surface area contributed by atoms with Crippen molar-refractivity contribution in [3.63, 3.8) is 0 Å². The van der Waals surface area contributed by atoms with Crippen LogP contribution in [0.4, 0.5) is 0 Å². The zero-order valence-corrected chi connectivity index (χ0v) is 10.7. The second-order valence-corrected chi connectivity index (χ2v) is 5.84. The van der Waals surface area contributed by atoms with Gasteiger partial charge in [-0.1, -0.05) is 33.1 Å². The van der Waals surface area contributed by atoms with E-state index in [0.29, 0.717) is 0 Å². The van der Waals surface area contributed by atoms with E-state index in [4.69, 9.17) is 0 Å². The van der Waals surface area contributed by atoms with Crippen molar-refractivity contribution in [1.29, 1.82) is 0 Å². The highest BCUT2D eigenvalue weighted by Crippen LogP contribution is 2.45. The van der Waals surface area contributed by atoms with Gasteiger partial charge >= 0.3 is 0 Å². The van der Waals surface area contributed by atoms with E-state index in [1.165, 1.54) is 45.2 Å². The largest absolute Gasteiger partial charge is 0.306 e. The molecule has 0 radical (unpaired) electrons. The topological polar surface area (TPSA) is 3.24 Å². The van der Waals surface area contributed by atoms with Gasteiger partial charge < -0.3 is 4.90 Å². The summed E-state index contributed by atoms with van der Waals surface area (Å²) >= 11 is 0. The molecule has 2 aliphatic rings. The van der Waals surface area contributed by atoms with Gasteiger partial charge in [-0.05, 0) is 43.6 Å². The Hall–Kier alpha value is -0.0400. The standard InChI is InChI=1S/C14H27N/c1-4-6-13-11(5-2)7-8-12-9-15(3)10-14(12)13/h11-14H,4-10H2,1-3H3. The molecule has 0 N–H and O–H groups in total. The minimum absolute atomic E-state index is 1.04. The molecule has 1 nitrogen and oxygen atoms in total. The van der Waals surface area contributed by atoms with Gasteiger partial charge in [-0.3, -0.25) is 0 Å². The molecule has 1 heterocycles. The summed E-state index contributed by atoms with van der Waals surface area (Å²) in [5.74, 6) is 4.16. The number of likely N-dealkylation sites (tertiary alicyclic amines) is 1. The predicted molar refractivity (Wildman–Crippen MR) is 65.9 cm³/mol.